The summed E-state index contributed by atoms with van der Waals surface area (Å²) < 4.78 is 0. The number of hydrogen-bond acceptors (Lipinski definition) is 4. The lowest BCUT2D eigenvalue weighted by Gasteiger charge is -2.04. The molecule has 1 amide bonds. The van der Waals surface area contributed by atoms with Crippen molar-refractivity contribution in [1.82, 2.24) is 9.97 Å². The van der Waals surface area contributed by atoms with E-state index >= 15 is 0 Å². The van der Waals surface area contributed by atoms with Gasteiger partial charge in [0, 0.05) is 18.8 Å². The number of nitrogens with two attached hydrogens (primary N) is 1. The Morgan fingerprint density at radius 2 is 2.00 bits per heavy atom. The second kappa shape index (κ2) is 6.49. The standard InChI is InChI=1S/C14H16N4O/c15-12-4-5-13(17-10-12)18-14(19)3-1-2-11-6-8-16-9-7-11/h4-10H,1-3,15H2,(H,17,18,19). The fourth-order valence-electron chi connectivity index (χ4n) is 1.69. The van der Waals surface area contributed by atoms with E-state index in [1.54, 1.807) is 24.5 Å². The summed E-state index contributed by atoms with van der Waals surface area (Å²) in [6.45, 7) is 0. The summed E-state index contributed by atoms with van der Waals surface area (Å²) in [7, 11) is 0. The van der Waals surface area contributed by atoms with Gasteiger partial charge in [0.15, 0.2) is 0 Å². The molecule has 3 N–H and O–H groups in total. The van der Waals surface area contributed by atoms with Crippen LogP contribution in [-0.2, 0) is 11.2 Å². The summed E-state index contributed by atoms with van der Waals surface area (Å²) in [4.78, 5) is 19.7. The summed E-state index contributed by atoms with van der Waals surface area (Å²) >= 11 is 0. The van der Waals surface area contributed by atoms with Crippen LogP contribution in [0.3, 0.4) is 0 Å². The third kappa shape index (κ3) is 4.39. The summed E-state index contributed by atoms with van der Waals surface area (Å²) in [6.07, 6.45) is 7.16. The van der Waals surface area contributed by atoms with Crippen molar-refractivity contribution < 1.29 is 4.79 Å². The molecular weight excluding hydrogens is 240 g/mol. The number of carbonyl (C=O) groups is 1. The van der Waals surface area contributed by atoms with Crippen molar-refractivity contribution in [2.75, 3.05) is 11.1 Å². The average Bonchev–Trinajstić information content (AvgIpc) is 2.43. The predicted molar refractivity (Wildman–Crippen MR) is 74.5 cm³/mol. The molecule has 2 aromatic heterocycles. The molecule has 0 saturated carbocycles. The van der Waals surface area contributed by atoms with E-state index in [0.29, 0.717) is 17.9 Å². The lowest BCUT2D eigenvalue weighted by Crippen LogP contribution is -2.12. The van der Waals surface area contributed by atoms with E-state index in [4.69, 9.17) is 5.73 Å². The minimum atomic E-state index is -0.0358. The second-order valence-corrected chi connectivity index (χ2v) is 4.23. The fourth-order valence-corrected chi connectivity index (χ4v) is 1.69. The van der Waals surface area contributed by atoms with Gasteiger partial charge in [-0.25, -0.2) is 4.98 Å². The van der Waals surface area contributed by atoms with Crippen LogP contribution in [0.15, 0.2) is 42.9 Å². The molecule has 0 unspecified atom stereocenters. The molecule has 0 spiro atoms. The first-order valence-corrected chi connectivity index (χ1v) is 6.14. The van der Waals surface area contributed by atoms with Crippen molar-refractivity contribution in [3.63, 3.8) is 0 Å². The van der Waals surface area contributed by atoms with Gasteiger partial charge >= 0.3 is 0 Å². The first-order valence-electron chi connectivity index (χ1n) is 6.14. The number of rotatable bonds is 5. The van der Waals surface area contributed by atoms with Crippen LogP contribution in [-0.4, -0.2) is 15.9 Å². The van der Waals surface area contributed by atoms with Gasteiger partial charge < -0.3 is 11.1 Å². The molecule has 0 aliphatic heterocycles. The Morgan fingerprint density at radius 1 is 1.21 bits per heavy atom. The Bertz CT molecular complexity index is 525. The van der Waals surface area contributed by atoms with Crippen molar-refractivity contribution >= 4 is 17.4 Å². The van der Waals surface area contributed by atoms with Crippen LogP contribution in [0.2, 0.25) is 0 Å². The molecule has 0 aliphatic rings. The minimum absolute atomic E-state index is 0.0358. The maximum absolute atomic E-state index is 11.7. The molecule has 2 rings (SSSR count). The van der Waals surface area contributed by atoms with Gasteiger partial charge in [-0.15, -0.1) is 0 Å². The van der Waals surface area contributed by atoms with Gasteiger partial charge in [-0.1, -0.05) is 0 Å². The Labute approximate surface area is 111 Å². The Hall–Kier alpha value is -2.43. The van der Waals surface area contributed by atoms with Crippen molar-refractivity contribution in [2.45, 2.75) is 19.3 Å². The number of amides is 1. The first-order chi connectivity index (χ1) is 9.24. The lowest BCUT2D eigenvalue weighted by atomic mass is 10.1. The van der Waals surface area contributed by atoms with E-state index in [1.165, 1.54) is 11.8 Å². The number of nitrogens with one attached hydrogen (secondary N) is 1. The van der Waals surface area contributed by atoms with Crippen molar-refractivity contribution in [1.29, 1.82) is 0 Å². The first kappa shape index (κ1) is 13.0. The molecule has 0 aliphatic carbocycles. The SMILES string of the molecule is Nc1ccc(NC(=O)CCCc2ccncc2)nc1. The van der Waals surface area contributed by atoms with Gasteiger partial charge in [-0.3, -0.25) is 9.78 Å². The third-order valence-electron chi connectivity index (χ3n) is 2.67. The summed E-state index contributed by atoms with van der Waals surface area (Å²) in [5, 5.41) is 2.74. The van der Waals surface area contributed by atoms with Crippen LogP contribution in [0.5, 0.6) is 0 Å². The highest BCUT2D eigenvalue weighted by Crippen LogP contribution is 2.08. The van der Waals surface area contributed by atoms with Crippen molar-refractivity contribution in [3.8, 4) is 0 Å². The minimum Gasteiger partial charge on any atom is -0.397 e. The van der Waals surface area contributed by atoms with Crippen LogP contribution < -0.4 is 11.1 Å². The number of nitrogen functional groups attached to an aromatic ring is 1. The maximum Gasteiger partial charge on any atom is 0.225 e. The molecule has 2 aromatic rings. The highest BCUT2D eigenvalue weighted by Gasteiger charge is 2.03. The molecule has 19 heavy (non-hydrogen) atoms. The topological polar surface area (TPSA) is 80.9 Å². The molecule has 0 saturated heterocycles. The van der Waals surface area contributed by atoms with E-state index in [2.05, 4.69) is 15.3 Å². The molecular formula is C14H16N4O. The normalized spacial score (nSPS) is 10.1. The quantitative estimate of drug-likeness (QED) is 0.857. The fraction of sp³-hybridized carbons (Fsp3) is 0.214. The van der Waals surface area contributed by atoms with Crippen LogP contribution >= 0.6 is 0 Å². The number of aromatic nitrogens is 2. The Kier molecular flexibility index (Phi) is 4.44. The number of aryl methyl sites for hydroxylation is 1. The number of nitrogens with zero attached hydrogens (tertiary/aromatic N) is 2. The Morgan fingerprint density at radius 3 is 2.68 bits per heavy atom. The highest BCUT2D eigenvalue weighted by atomic mass is 16.1. The van der Waals surface area contributed by atoms with Gasteiger partial charge in [0.1, 0.15) is 5.82 Å². The van der Waals surface area contributed by atoms with Crippen LogP contribution in [0, 0.1) is 0 Å². The van der Waals surface area contributed by atoms with E-state index in [-0.39, 0.29) is 5.91 Å². The molecule has 5 heteroatoms. The van der Waals surface area contributed by atoms with Crippen LogP contribution in [0.4, 0.5) is 11.5 Å². The van der Waals surface area contributed by atoms with Crippen molar-refractivity contribution in [3.05, 3.63) is 48.4 Å². The maximum atomic E-state index is 11.7. The van der Waals surface area contributed by atoms with Gasteiger partial charge in [-0.05, 0) is 42.7 Å². The van der Waals surface area contributed by atoms with E-state index in [1.807, 2.05) is 12.1 Å². The monoisotopic (exact) mass is 256 g/mol. The highest BCUT2D eigenvalue weighted by molar-refractivity contribution is 5.89. The van der Waals surface area contributed by atoms with Crippen LogP contribution in [0.25, 0.3) is 0 Å². The van der Waals surface area contributed by atoms with E-state index < -0.39 is 0 Å². The predicted octanol–water partition coefficient (Wildman–Crippen LogP) is 2.02. The average molecular weight is 256 g/mol. The van der Waals surface area contributed by atoms with Crippen molar-refractivity contribution in [2.24, 2.45) is 0 Å². The lowest BCUT2D eigenvalue weighted by molar-refractivity contribution is -0.116. The van der Waals surface area contributed by atoms with E-state index in [0.717, 1.165) is 12.8 Å². The number of anilines is 2. The third-order valence-corrected chi connectivity index (χ3v) is 2.67. The van der Waals surface area contributed by atoms with E-state index in [9.17, 15) is 4.79 Å². The molecule has 5 nitrogen and oxygen atoms in total. The van der Waals surface area contributed by atoms with Gasteiger partial charge in [0.25, 0.3) is 0 Å². The second-order valence-electron chi connectivity index (χ2n) is 4.23. The zero-order valence-electron chi connectivity index (χ0n) is 10.5. The smallest absolute Gasteiger partial charge is 0.225 e. The number of carbonyl (C=O) groups excluding carboxylic acids is 1. The molecule has 0 aromatic carbocycles. The molecule has 98 valence electrons. The molecule has 0 fully saturated rings. The zero-order chi connectivity index (χ0) is 13.5. The Balaban J connectivity index is 1.74. The zero-order valence-corrected chi connectivity index (χ0v) is 10.5. The summed E-state index contributed by atoms with van der Waals surface area (Å²) in [5.41, 5.74) is 7.29. The molecule has 0 radical (unpaired) electrons. The number of hydrogen-bond donors (Lipinski definition) is 2. The van der Waals surface area contributed by atoms with Gasteiger partial charge in [-0.2, -0.15) is 0 Å². The van der Waals surface area contributed by atoms with Crippen LogP contribution in [0.1, 0.15) is 18.4 Å². The van der Waals surface area contributed by atoms with Gasteiger partial charge in [0.2, 0.25) is 5.91 Å². The number of pyridine rings is 2. The molecule has 0 bridgehead atoms. The van der Waals surface area contributed by atoms with Gasteiger partial charge in [0.05, 0.1) is 11.9 Å². The molecule has 2 heterocycles. The summed E-state index contributed by atoms with van der Waals surface area (Å²) in [6, 6.07) is 7.31. The molecule has 0 atom stereocenters. The summed E-state index contributed by atoms with van der Waals surface area (Å²) in [5.74, 6) is 0.495. The largest absolute Gasteiger partial charge is 0.397 e.